The molecule has 3 aromatic carbocycles. The predicted octanol–water partition coefficient (Wildman–Crippen LogP) is 5.80. The standard InChI is InChI=1S/C25H20Cl2N2O2/c1-16(17-7-11-20(26)12-8-17)29-23(30)15-22(18-5-3-2-4-6-18)28-25(31)24(29)19-9-13-21(27)14-10-19/h2-16,24H,1H3,(H,28,31)/t16-,24+/m1/s1. The van der Waals surface area contributed by atoms with Crippen molar-refractivity contribution in [2.75, 3.05) is 0 Å². The Kier molecular flexibility index (Phi) is 6.12. The highest BCUT2D eigenvalue weighted by molar-refractivity contribution is 6.30. The van der Waals surface area contributed by atoms with E-state index in [-0.39, 0.29) is 17.9 Å². The predicted molar refractivity (Wildman–Crippen MR) is 123 cm³/mol. The van der Waals surface area contributed by atoms with E-state index < -0.39 is 6.04 Å². The fourth-order valence-corrected chi connectivity index (χ4v) is 3.99. The molecule has 0 saturated heterocycles. The SMILES string of the molecule is C[C@H](c1ccc(Cl)cc1)N1C(=O)C=C(c2ccccc2)NC(=O)[C@@H]1c1ccc(Cl)cc1. The van der Waals surface area contributed by atoms with Gasteiger partial charge in [-0.3, -0.25) is 9.59 Å². The first-order valence-electron chi connectivity index (χ1n) is 9.85. The van der Waals surface area contributed by atoms with E-state index in [4.69, 9.17) is 23.2 Å². The molecular formula is C25H20Cl2N2O2. The summed E-state index contributed by atoms with van der Waals surface area (Å²) in [5, 5.41) is 4.11. The van der Waals surface area contributed by atoms with Crippen molar-refractivity contribution in [3.63, 3.8) is 0 Å². The summed E-state index contributed by atoms with van der Waals surface area (Å²) in [5.41, 5.74) is 2.79. The van der Waals surface area contributed by atoms with E-state index in [0.717, 1.165) is 11.1 Å². The van der Waals surface area contributed by atoms with Gasteiger partial charge in [-0.1, -0.05) is 77.8 Å². The van der Waals surface area contributed by atoms with Crippen molar-refractivity contribution >= 4 is 40.7 Å². The first-order valence-corrected chi connectivity index (χ1v) is 10.6. The molecule has 0 saturated carbocycles. The number of rotatable bonds is 4. The Morgan fingerprint density at radius 2 is 1.42 bits per heavy atom. The number of benzene rings is 3. The van der Waals surface area contributed by atoms with Gasteiger partial charge in [0.25, 0.3) is 5.91 Å². The van der Waals surface area contributed by atoms with Gasteiger partial charge in [-0.15, -0.1) is 0 Å². The van der Waals surface area contributed by atoms with Gasteiger partial charge < -0.3 is 10.2 Å². The van der Waals surface area contributed by atoms with Crippen LogP contribution in [0.25, 0.3) is 5.70 Å². The van der Waals surface area contributed by atoms with E-state index in [2.05, 4.69) is 5.32 Å². The minimum absolute atomic E-state index is 0.264. The third kappa shape index (κ3) is 4.50. The van der Waals surface area contributed by atoms with E-state index in [1.165, 1.54) is 6.08 Å². The van der Waals surface area contributed by atoms with Gasteiger partial charge in [0, 0.05) is 16.1 Å². The Hall–Kier alpha value is -3.08. The summed E-state index contributed by atoms with van der Waals surface area (Å²) >= 11 is 12.1. The van der Waals surface area contributed by atoms with E-state index in [0.29, 0.717) is 21.3 Å². The lowest BCUT2D eigenvalue weighted by molar-refractivity contribution is -0.138. The Labute approximate surface area is 191 Å². The van der Waals surface area contributed by atoms with Gasteiger partial charge in [-0.25, -0.2) is 0 Å². The number of carbonyl (C=O) groups excluding carboxylic acids is 2. The Balaban J connectivity index is 1.81. The molecule has 31 heavy (non-hydrogen) atoms. The van der Waals surface area contributed by atoms with Crippen LogP contribution in [0.2, 0.25) is 10.0 Å². The number of carbonyl (C=O) groups is 2. The van der Waals surface area contributed by atoms with Crippen LogP contribution in [-0.4, -0.2) is 16.7 Å². The smallest absolute Gasteiger partial charge is 0.251 e. The lowest BCUT2D eigenvalue weighted by Gasteiger charge is -2.34. The van der Waals surface area contributed by atoms with Crippen molar-refractivity contribution in [3.8, 4) is 0 Å². The Morgan fingerprint density at radius 3 is 2.03 bits per heavy atom. The number of nitrogens with zero attached hydrogens (tertiary/aromatic N) is 1. The van der Waals surface area contributed by atoms with Crippen LogP contribution in [0.1, 0.15) is 35.7 Å². The Morgan fingerprint density at radius 1 is 0.839 bits per heavy atom. The molecule has 0 fully saturated rings. The zero-order valence-corrected chi connectivity index (χ0v) is 18.3. The largest absolute Gasteiger partial charge is 0.323 e. The molecule has 0 unspecified atom stereocenters. The summed E-state index contributed by atoms with van der Waals surface area (Å²) in [7, 11) is 0. The van der Waals surface area contributed by atoms with Crippen molar-refractivity contribution < 1.29 is 9.59 Å². The van der Waals surface area contributed by atoms with Gasteiger partial charge in [0.05, 0.1) is 11.7 Å². The van der Waals surface area contributed by atoms with Gasteiger partial charge in [-0.05, 0) is 47.9 Å². The first-order chi connectivity index (χ1) is 14.9. The number of halogens is 2. The maximum atomic E-state index is 13.5. The average molecular weight is 451 g/mol. The number of amides is 2. The fraction of sp³-hybridized carbons (Fsp3) is 0.120. The second kappa shape index (κ2) is 8.96. The van der Waals surface area contributed by atoms with Crippen LogP contribution >= 0.6 is 23.2 Å². The topological polar surface area (TPSA) is 49.4 Å². The molecule has 1 heterocycles. The second-order valence-electron chi connectivity index (χ2n) is 7.34. The molecule has 4 nitrogen and oxygen atoms in total. The van der Waals surface area contributed by atoms with Crippen LogP contribution < -0.4 is 5.32 Å². The molecule has 0 aliphatic carbocycles. The van der Waals surface area contributed by atoms with E-state index in [9.17, 15) is 9.59 Å². The third-order valence-electron chi connectivity index (χ3n) is 5.35. The van der Waals surface area contributed by atoms with Crippen molar-refractivity contribution in [2.24, 2.45) is 0 Å². The number of nitrogens with one attached hydrogen (secondary N) is 1. The van der Waals surface area contributed by atoms with Crippen molar-refractivity contribution in [1.82, 2.24) is 10.2 Å². The van der Waals surface area contributed by atoms with E-state index >= 15 is 0 Å². The highest BCUT2D eigenvalue weighted by Gasteiger charge is 2.37. The molecule has 0 bridgehead atoms. The van der Waals surface area contributed by atoms with E-state index in [1.807, 2.05) is 49.4 Å². The molecule has 0 spiro atoms. The van der Waals surface area contributed by atoms with Gasteiger partial charge in [0.2, 0.25) is 5.91 Å². The monoisotopic (exact) mass is 450 g/mol. The van der Waals surface area contributed by atoms with Crippen LogP contribution in [0, 0.1) is 0 Å². The number of hydrogen-bond donors (Lipinski definition) is 1. The minimum Gasteiger partial charge on any atom is -0.323 e. The maximum absolute atomic E-state index is 13.5. The summed E-state index contributed by atoms with van der Waals surface area (Å²) in [6.45, 7) is 1.90. The Bertz CT molecular complexity index is 1130. The van der Waals surface area contributed by atoms with Crippen LogP contribution in [0.4, 0.5) is 0 Å². The van der Waals surface area contributed by atoms with Crippen molar-refractivity contribution in [2.45, 2.75) is 19.0 Å². The molecule has 156 valence electrons. The van der Waals surface area contributed by atoms with Gasteiger partial charge in [0.1, 0.15) is 6.04 Å². The molecule has 0 aromatic heterocycles. The van der Waals surface area contributed by atoms with Crippen LogP contribution in [-0.2, 0) is 9.59 Å². The number of hydrogen-bond acceptors (Lipinski definition) is 2. The lowest BCUT2D eigenvalue weighted by Crippen LogP contribution is -2.41. The molecule has 1 N–H and O–H groups in total. The van der Waals surface area contributed by atoms with Crippen LogP contribution in [0.5, 0.6) is 0 Å². The first kappa shape index (κ1) is 21.2. The van der Waals surface area contributed by atoms with Gasteiger partial charge in [0.15, 0.2) is 0 Å². The summed E-state index contributed by atoms with van der Waals surface area (Å²) in [4.78, 5) is 28.5. The molecule has 3 aromatic rings. The fourth-order valence-electron chi connectivity index (χ4n) is 3.74. The maximum Gasteiger partial charge on any atom is 0.251 e. The third-order valence-corrected chi connectivity index (χ3v) is 5.85. The quantitative estimate of drug-likeness (QED) is 0.546. The molecular weight excluding hydrogens is 431 g/mol. The van der Waals surface area contributed by atoms with Crippen molar-refractivity contribution in [1.29, 1.82) is 0 Å². The summed E-state index contributed by atoms with van der Waals surface area (Å²) in [6.07, 6.45) is 1.48. The van der Waals surface area contributed by atoms with Crippen LogP contribution in [0.15, 0.2) is 84.9 Å². The normalized spacial score (nSPS) is 17.6. The molecule has 4 rings (SSSR count). The molecule has 2 atom stereocenters. The highest BCUT2D eigenvalue weighted by Crippen LogP contribution is 2.35. The van der Waals surface area contributed by atoms with E-state index in [1.54, 1.807) is 41.3 Å². The van der Waals surface area contributed by atoms with Crippen LogP contribution in [0.3, 0.4) is 0 Å². The molecule has 1 aliphatic rings. The molecule has 2 amide bonds. The highest BCUT2D eigenvalue weighted by atomic mass is 35.5. The minimum atomic E-state index is -0.826. The molecule has 1 aliphatic heterocycles. The summed E-state index contributed by atoms with van der Waals surface area (Å²) in [6, 6.07) is 22.4. The summed E-state index contributed by atoms with van der Waals surface area (Å²) < 4.78 is 0. The summed E-state index contributed by atoms with van der Waals surface area (Å²) in [5.74, 6) is -0.552. The average Bonchev–Trinajstić information content (AvgIpc) is 2.91. The molecule has 6 heteroatoms. The zero-order valence-electron chi connectivity index (χ0n) is 16.8. The van der Waals surface area contributed by atoms with Gasteiger partial charge in [-0.2, -0.15) is 0 Å². The van der Waals surface area contributed by atoms with Crippen molar-refractivity contribution in [3.05, 3.63) is 112 Å². The second-order valence-corrected chi connectivity index (χ2v) is 8.21. The van der Waals surface area contributed by atoms with Gasteiger partial charge >= 0.3 is 0 Å². The molecule has 0 radical (unpaired) electrons. The lowest BCUT2D eigenvalue weighted by atomic mass is 9.99. The zero-order chi connectivity index (χ0) is 22.0.